The molecule has 2 fully saturated rings. The lowest BCUT2D eigenvalue weighted by Crippen LogP contribution is -2.30. The molecule has 12 nitrogen and oxygen atoms in total. The van der Waals surface area contributed by atoms with E-state index < -0.39 is 11.9 Å². The third-order valence-corrected chi connectivity index (χ3v) is 13.2. The second-order valence-electron chi connectivity index (χ2n) is 16.9. The molecule has 0 atom stereocenters. The van der Waals surface area contributed by atoms with Crippen LogP contribution in [0.1, 0.15) is 120 Å². The van der Waals surface area contributed by atoms with E-state index in [9.17, 15) is 19.2 Å². The zero-order valence-corrected chi connectivity index (χ0v) is 38.5. The van der Waals surface area contributed by atoms with Crippen molar-refractivity contribution in [3.63, 3.8) is 0 Å². The smallest absolute Gasteiger partial charge is 0.330 e. The lowest BCUT2D eigenvalue weighted by Gasteiger charge is -2.29. The Labute approximate surface area is 387 Å². The van der Waals surface area contributed by atoms with Crippen LogP contribution in [0.3, 0.4) is 0 Å². The van der Waals surface area contributed by atoms with Crippen LogP contribution in [0.25, 0.3) is 10.2 Å². The van der Waals surface area contributed by atoms with Gasteiger partial charge >= 0.3 is 23.9 Å². The number of hydrogen-bond donors (Lipinski definition) is 0. The van der Waals surface area contributed by atoms with E-state index in [0.29, 0.717) is 75.0 Å². The number of ether oxygens (including phenoxy) is 5. The van der Waals surface area contributed by atoms with Crippen LogP contribution in [0.5, 0.6) is 17.2 Å². The molecule has 6 rings (SSSR count). The molecule has 2 aliphatic rings. The van der Waals surface area contributed by atoms with E-state index in [1.165, 1.54) is 37.3 Å². The molecule has 3 aromatic carbocycles. The molecule has 0 aliphatic heterocycles. The molecule has 1 heterocycles. The largest absolute Gasteiger partial charge is 0.493 e. The zero-order valence-electron chi connectivity index (χ0n) is 37.7. The number of rotatable bonds is 24. The van der Waals surface area contributed by atoms with Crippen molar-refractivity contribution in [3.8, 4) is 17.2 Å². The summed E-state index contributed by atoms with van der Waals surface area (Å²) in [6.45, 7) is 10.7. The van der Waals surface area contributed by atoms with E-state index in [4.69, 9.17) is 33.8 Å². The monoisotopic (exact) mass is 905 g/mol. The maximum atomic E-state index is 13.8. The average Bonchev–Trinajstić information content (AvgIpc) is 3.77. The summed E-state index contributed by atoms with van der Waals surface area (Å²) in [6, 6.07) is 21.1. The average molecular weight is 906 g/mol. The van der Waals surface area contributed by atoms with Gasteiger partial charge in [-0.15, -0.1) is 0 Å². The molecule has 0 unspecified atom stereocenters. The number of nitrogens with zero attached hydrogens (tertiary/aromatic N) is 3. The number of thiazole rings is 1. The minimum absolute atomic E-state index is 0.234. The molecule has 0 bridgehead atoms. The third kappa shape index (κ3) is 15.1. The number of hydrogen-bond acceptors (Lipinski definition) is 13. The fraction of sp³-hybridized carbons (Fsp3) is 0.462. The lowest BCUT2D eigenvalue weighted by molar-refractivity contribution is -0.145. The molecule has 13 heteroatoms. The quantitative estimate of drug-likeness (QED) is 0.0165. The predicted octanol–water partition coefficient (Wildman–Crippen LogP) is 11.3. The number of fused-ring (bicyclic) bond motifs is 1. The normalized spacial score (nSPS) is 18.4. The maximum Gasteiger partial charge on any atom is 0.330 e. The van der Waals surface area contributed by atoms with Crippen LogP contribution in [-0.2, 0) is 28.7 Å². The molecular formula is C52H63N3O9S. The topological polar surface area (TPSA) is 143 Å². The molecule has 2 saturated carbocycles. The van der Waals surface area contributed by atoms with Gasteiger partial charge in [0.25, 0.3) is 0 Å². The Morgan fingerprint density at radius 2 is 1.38 bits per heavy atom. The second kappa shape index (κ2) is 25.6. The Hall–Kier alpha value is -5.82. The van der Waals surface area contributed by atoms with E-state index in [1.54, 1.807) is 35.6 Å². The third-order valence-electron chi connectivity index (χ3n) is 12.2. The lowest BCUT2D eigenvalue weighted by atomic mass is 9.77. The van der Waals surface area contributed by atoms with Crippen molar-refractivity contribution in [3.05, 3.63) is 103 Å². The number of carbonyl (C=O) groups excluding carboxylic acids is 4. The van der Waals surface area contributed by atoms with E-state index >= 15 is 0 Å². The van der Waals surface area contributed by atoms with E-state index in [1.807, 2.05) is 35.5 Å². The van der Waals surface area contributed by atoms with E-state index in [0.717, 1.165) is 71.4 Å². The van der Waals surface area contributed by atoms with Crippen molar-refractivity contribution in [1.82, 2.24) is 4.98 Å². The number of anilines is 1. The van der Waals surface area contributed by atoms with Gasteiger partial charge in [0.15, 0.2) is 0 Å². The zero-order chi connectivity index (χ0) is 45.8. The van der Waals surface area contributed by atoms with Crippen molar-refractivity contribution < 1.29 is 42.9 Å². The van der Waals surface area contributed by atoms with Gasteiger partial charge in [0.2, 0.25) is 5.13 Å². The molecule has 4 aromatic rings. The number of aromatic nitrogens is 1. The van der Waals surface area contributed by atoms with Gasteiger partial charge in [-0.25, -0.2) is 19.6 Å². The summed E-state index contributed by atoms with van der Waals surface area (Å²) in [6.07, 6.45) is 17.3. The minimum Gasteiger partial charge on any atom is -0.493 e. The molecule has 0 saturated heterocycles. The fourth-order valence-electron chi connectivity index (χ4n) is 8.50. The maximum absolute atomic E-state index is 13.8. The van der Waals surface area contributed by atoms with Crippen LogP contribution < -0.4 is 19.2 Å². The van der Waals surface area contributed by atoms with Gasteiger partial charge in [0.05, 0.1) is 48.1 Å². The van der Waals surface area contributed by atoms with Crippen LogP contribution in [0.15, 0.2) is 97.1 Å². The molecule has 1 aromatic heterocycles. The predicted molar refractivity (Wildman–Crippen MR) is 255 cm³/mol. The Morgan fingerprint density at radius 1 is 0.738 bits per heavy atom. The highest BCUT2D eigenvalue weighted by Crippen LogP contribution is 2.39. The number of para-hydroxylation sites is 1. The highest BCUT2D eigenvalue weighted by molar-refractivity contribution is 7.22. The first-order valence-corrected chi connectivity index (χ1v) is 24.1. The number of unbranched alkanes of at least 4 members (excludes halogenated alkanes) is 3. The Balaban J connectivity index is 1.09. The van der Waals surface area contributed by atoms with Crippen LogP contribution >= 0.6 is 11.3 Å². The van der Waals surface area contributed by atoms with Crippen molar-refractivity contribution in [1.29, 1.82) is 0 Å². The van der Waals surface area contributed by atoms with Gasteiger partial charge < -0.3 is 23.7 Å². The summed E-state index contributed by atoms with van der Waals surface area (Å²) in [5, 5.41) is 7.76. The minimum atomic E-state index is -0.469. The number of benzene rings is 3. The van der Waals surface area contributed by atoms with Crippen LogP contribution in [-0.4, -0.2) is 61.4 Å². The molecule has 0 amide bonds. The summed E-state index contributed by atoms with van der Waals surface area (Å²) in [7, 11) is 0. The van der Waals surface area contributed by atoms with Gasteiger partial charge in [-0.1, -0.05) is 68.9 Å². The van der Waals surface area contributed by atoms with E-state index in [2.05, 4.69) is 38.3 Å². The summed E-state index contributed by atoms with van der Waals surface area (Å²) < 4.78 is 28.8. The summed E-state index contributed by atoms with van der Waals surface area (Å²) >= 11 is 1.59. The first-order valence-electron chi connectivity index (χ1n) is 23.3. The SMILES string of the molecule is C=CC(=O)OCCCCCCN(/N=C/c1cc(C2CCC(CCC)CC2)ccc1OC(=O)C1CCC(C(=O)Oc2ccc(OCCCOC(=O)C=C)cc2)CC1)c1nc2ccccc2s1. The van der Waals surface area contributed by atoms with Gasteiger partial charge in [-0.05, 0) is 137 Å². The molecule has 0 N–H and O–H groups in total. The first-order chi connectivity index (χ1) is 31.7. The summed E-state index contributed by atoms with van der Waals surface area (Å²) in [4.78, 5) is 54.6. The molecular weight excluding hydrogens is 843 g/mol. The van der Waals surface area contributed by atoms with Crippen molar-refractivity contribution >= 4 is 56.8 Å². The summed E-state index contributed by atoms with van der Waals surface area (Å²) in [5.41, 5.74) is 2.88. The molecule has 0 spiro atoms. The van der Waals surface area contributed by atoms with Crippen molar-refractivity contribution in [2.45, 2.75) is 109 Å². The summed E-state index contributed by atoms with van der Waals surface area (Å²) in [5.74, 6) is 0.517. The molecule has 65 heavy (non-hydrogen) atoms. The fourth-order valence-corrected chi connectivity index (χ4v) is 9.45. The Morgan fingerprint density at radius 3 is 2.06 bits per heavy atom. The number of hydrazone groups is 1. The van der Waals surface area contributed by atoms with Gasteiger partial charge in [0, 0.05) is 30.7 Å². The van der Waals surface area contributed by atoms with Gasteiger partial charge in [-0.3, -0.25) is 9.59 Å². The van der Waals surface area contributed by atoms with Crippen LogP contribution in [0.2, 0.25) is 0 Å². The van der Waals surface area contributed by atoms with E-state index in [-0.39, 0.29) is 30.4 Å². The molecule has 346 valence electrons. The Bertz CT molecular complexity index is 2190. The van der Waals surface area contributed by atoms with Crippen LogP contribution in [0.4, 0.5) is 5.13 Å². The highest BCUT2D eigenvalue weighted by atomic mass is 32.1. The van der Waals surface area contributed by atoms with Crippen LogP contribution in [0, 0.1) is 17.8 Å². The highest BCUT2D eigenvalue weighted by Gasteiger charge is 2.33. The first kappa shape index (κ1) is 48.6. The van der Waals surface area contributed by atoms with Gasteiger partial charge in [0.1, 0.15) is 17.2 Å². The number of carbonyl (C=O) groups is 4. The standard InChI is InChI=1S/C52H63N3O9S/c1-4-14-37-17-19-38(20-18-37)41-25-30-46(42(35-41)36-53-55(31-11-7-8-12-32-61-48(56)5-2)52-54-45-15-9-10-16-47(45)65-52)64-51(59)40-23-21-39(22-24-40)50(58)63-44-28-26-43(27-29-44)60-33-13-34-62-49(57)6-3/h5-6,9-10,15-16,25-30,35-40H,2-4,7-8,11-14,17-24,31-34H2,1H3/b53-36+. The number of esters is 4. The second-order valence-corrected chi connectivity index (χ2v) is 17.9. The molecule has 2 aliphatic carbocycles. The van der Waals surface area contributed by atoms with Crippen molar-refractivity contribution in [2.75, 3.05) is 31.4 Å². The van der Waals surface area contributed by atoms with Crippen molar-refractivity contribution in [2.24, 2.45) is 22.9 Å². The van der Waals surface area contributed by atoms with Gasteiger partial charge in [-0.2, -0.15) is 5.10 Å². The Kier molecular flexibility index (Phi) is 19.2. The molecule has 0 radical (unpaired) electrons.